The molecule has 6 bridgehead atoms. The summed E-state index contributed by atoms with van der Waals surface area (Å²) in [7, 11) is -16.3. The van der Waals surface area contributed by atoms with Gasteiger partial charge in [-0.05, 0) is 0 Å². The Morgan fingerprint density at radius 3 is 0.252 bits per heavy atom. The third-order valence-electron chi connectivity index (χ3n) is 25.5. The first-order valence-corrected chi connectivity index (χ1v) is 83.6. The minimum atomic E-state index is -6.78. The Hall–Kier alpha value is -6.32. The molecular formula is C108H138O27Si6Te6. The van der Waals surface area contributed by atoms with Gasteiger partial charge in [0.25, 0.3) is 0 Å². The van der Waals surface area contributed by atoms with E-state index in [1.165, 1.54) is 0 Å². The van der Waals surface area contributed by atoms with Crippen molar-refractivity contribution in [3.8, 4) is 69.0 Å². The third kappa shape index (κ3) is 21.2. The molecule has 0 atom stereocenters. The Kier molecular flexibility index (Phi) is 33.5. The van der Waals surface area contributed by atoms with Gasteiger partial charge < -0.3 is 0 Å². The van der Waals surface area contributed by atoms with Gasteiger partial charge in [0.1, 0.15) is 0 Å². The second kappa shape index (κ2) is 43.4. The van der Waals surface area contributed by atoms with Crippen LogP contribution in [0.15, 0.2) is 291 Å². The fourth-order valence-electron chi connectivity index (χ4n) is 16.2. The average Bonchev–Trinajstić information content (AvgIpc) is 0.669. The molecule has 0 radical (unpaired) electrons. The molecular weight excluding hydrogens is 2660 g/mol. The van der Waals surface area contributed by atoms with Gasteiger partial charge in [-0.15, -0.1) is 0 Å². The molecule has 0 aromatic heterocycles. The summed E-state index contributed by atoms with van der Waals surface area (Å²) in [4.78, 5) is 0. The van der Waals surface area contributed by atoms with Crippen molar-refractivity contribution in [2.75, 3.05) is 85.3 Å². The molecule has 147 heavy (non-hydrogen) atoms. The van der Waals surface area contributed by atoms with Crippen LogP contribution in [-0.4, -0.2) is 252 Å². The molecule has 27 nitrogen and oxygen atoms in total. The van der Waals surface area contributed by atoms with Crippen LogP contribution in [0.5, 0.6) is 69.0 Å². The quantitative estimate of drug-likeness (QED) is 0.0510. The van der Waals surface area contributed by atoms with Gasteiger partial charge in [0.15, 0.2) is 0 Å². The van der Waals surface area contributed by atoms with Crippen molar-refractivity contribution in [3.05, 3.63) is 291 Å². The van der Waals surface area contributed by atoms with Crippen LogP contribution in [0.3, 0.4) is 0 Å². The van der Waals surface area contributed by atoms with E-state index in [-0.39, 0.29) is 0 Å². The molecule has 17 rings (SSSR count). The summed E-state index contributed by atoms with van der Waals surface area (Å²) < 4.78 is 233. The van der Waals surface area contributed by atoms with Crippen LogP contribution in [0.25, 0.3) is 0 Å². The van der Waals surface area contributed by atoms with E-state index in [1.54, 1.807) is 85.3 Å². The molecule has 12 aromatic carbocycles. The van der Waals surface area contributed by atoms with Crippen LogP contribution < -0.4 is 100 Å². The zero-order valence-electron chi connectivity index (χ0n) is 89.2. The first kappa shape index (κ1) is 113. The van der Waals surface area contributed by atoms with E-state index in [0.717, 1.165) is 0 Å². The Labute approximate surface area is 903 Å². The molecule has 12 aromatic rings. The zero-order chi connectivity index (χ0) is 106. The second-order valence-corrected chi connectivity index (χ2v) is 112. The van der Waals surface area contributed by atoms with Crippen LogP contribution in [-0.2, 0) is 45.8 Å². The molecule has 0 saturated carbocycles. The number of benzene rings is 12. The van der Waals surface area contributed by atoms with E-state index in [4.69, 9.17) is 56.8 Å². The topological polar surface area (TPSA) is 249 Å². The van der Waals surface area contributed by atoms with Gasteiger partial charge in [0.2, 0.25) is 0 Å². The number of hydrogen-bond donors (Lipinski definition) is 0. The average molecular weight is 2800 g/mol. The van der Waals surface area contributed by atoms with Crippen molar-refractivity contribution in [1.82, 2.24) is 0 Å². The molecule has 0 N–H and O–H groups in total. The number of rotatable bonds is 24. The first-order chi connectivity index (χ1) is 69.6. The van der Waals surface area contributed by atoms with E-state index in [9.17, 15) is 45.8 Å². The standard InChI is InChI=1S/C108H138O27Si6Te6/c1-103(2,3)136-121-137(104(4,5)6)126-144(95-63-39-83(113-23)40-64-95,96-65-41-84(114-24)42-66-96)132-140(107(13,14)15)122-138(105(7,8)9,128-142(124-136,91-55-31-79(109-19)32-56-91)92-57-33-80(110-20)34-58-92)130-146(99-71-47-87(117-27)48-72-99,100-73-49-88(118-28)50-74-100)131-139(106(10,11)12,129-143(125-136,93-59-35-81(111-21)36-60-93)94-61-37-82(112-22)38-62-94)123-141(108(16,17)18,133-145(127-137,97-67-43-85(115-25)44-68-97)98-69-45-86(116-26)46-70-98)135-147(134-140,101-75-51-89(119-29)52-76-101)102-77-53-90(120-30)54-78-102/h31-78H,1-30H3. The van der Waals surface area contributed by atoms with Gasteiger partial charge in [-0.1, -0.05) is 0 Å². The summed E-state index contributed by atoms with van der Waals surface area (Å²) in [6, 6.07) is 94.5. The van der Waals surface area contributed by atoms with Gasteiger partial charge in [0, 0.05) is 0 Å². The second-order valence-electron chi connectivity index (χ2n) is 41.3. The van der Waals surface area contributed by atoms with Crippen molar-refractivity contribution >= 4 is 210 Å². The van der Waals surface area contributed by atoms with E-state index in [0.29, 0.717) is 112 Å². The summed E-state index contributed by atoms with van der Waals surface area (Å²) in [5.74, 6) is 6.01. The van der Waals surface area contributed by atoms with Gasteiger partial charge in [-0.3, -0.25) is 0 Å². The van der Waals surface area contributed by atoms with Crippen LogP contribution in [0.4, 0.5) is 0 Å². The van der Waals surface area contributed by atoms with Crippen molar-refractivity contribution < 1.29 is 103 Å². The van der Waals surface area contributed by atoms with E-state index < -0.39 is 197 Å². The van der Waals surface area contributed by atoms with Gasteiger partial charge >= 0.3 is 913 Å². The normalized spacial score (nSPS) is 24.3. The van der Waals surface area contributed by atoms with Crippen LogP contribution in [0.1, 0.15) is 125 Å². The van der Waals surface area contributed by atoms with Crippen molar-refractivity contribution in [2.24, 2.45) is 0 Å². The molecule has 5 aliphatic heterocycles. The molecule has 5 heterocycles. The molecule has 0 amide bonds. The maximum atomic E-state index is 10.1. The van der Waals surface area contributed by atoms with Gasteiger partial charge in [0.05, 0.1) is 0 Å². The Bertz CT molecular complexity index is 5170. The molecule has 39 heteroatoms. The van der Waals surface area contributed by atoms with Crippen molar-refractivity contribution in [2.45, 2.75) is 155 Å². The van der Waals surface area contributed by atoms with Gasteiger partial charge in [-0.25, -0.2) is 0 Å². The third-order valence-corrected chi connectivity index (χ3v) is 126. The molecule has 0 spiro atoms. The van der Waals surface area contributed by atoms with Crippen molar-refractivity contribution in [1.29, 1.82) is 0 Å². The monoisotopic (exact) mass is 2810 g/mol. The fourth-order valence-corrected chi connectivity index (χ4v) is 165. The number of hydrogen-bond acceptors (Lipinski definition) is 27. The molecule has 792 valence electrons. The summed E-state index contributed by atoms with van der Waals surface area (Å²) in [5.41, 5.74) is 0. The maximum absolute atomic E-state index is 10.1. The van der Waals surface area contributed by atoms with E-state index >= 15 is 0 Å². The summed E-state index contributed by atoms with van der Waals surface area (Å²) in [5, 5.41) is -9.42. The molecule has 5 saturated heterocycles. The minimum absolute atomic E-state index is 0.501. The molecule has 0 unspecified atom stereocenters. The van der Waals surface area contributed by atoms with Crippen LogP contribution in [0.2, 0.25) is 30.2 Å². The van der Waals surface area contributed by atoms with E-state index in [1.807, 2.05) is 291 Å². The summed E-state index contributed by atoms with van der Waals surface area (Å²) in [6.07, 6.45) is 0. The van der Waals surface area contributed by atoms with Crippen LogP contribution >= 0.6 is 0 Å². The Balaban J connectivity index is 1.37. The summed E-state index contributed by atoms with van der Waals surface area (Å²) in [6.45, 7) is 37.8. The zero-order valence-corrected chi connectivity index (χ0v) is 109. The SMILES string of the molecule is COc1ccc([Te]2(c3ccc(OC)cc3)O[Si]3(C(C)(C)C)O[Si]4(C(C)(C)C)O[Te](c5ccc(OC)cc5)(c5ccc(OC)cc5)O[Si]5(C(C)(C)C)O[Si](C(C)(C)C)(O2)O[Te](c2ccc(OC)cc2)(c2ccc(OC)cc2)O[Si](C(C)(C)C)(O[Si](C(C)(C)C)(O[Te](c2ccc(OC)cc2)(c2ccc(OC)cc2)O4)O[Te](c2ccc(OC)cc2)(c2ccc(OC)cc2)O5)O[Te](c2ccc(OC)cc2)(c2ccc(OC)cc2)O3)cc1. The Morgan fingerprint density at radius 1 is 0.129 bits per heavy atom. The molecule has 0 aliphatic carbocycles. The first-order valence-electron chi connectivity index (χ1n) is 47.8. The predicted molar refractivity (Wildman–Crippen MR) is 595 cm³/mol. The number of methoxy groups -OCH3 is 12. The number of ether oxygens (including phenoxy) is 12. The van der Waals surface area contributed by atoms with Gasteiger partial charge in [-0.2, -0.15) is 0 Å². The molecule has 5 fully saturated rings. The summed E-state index contributed by atoms with van der Waals surface area (Å²) >= 11 is -40.7. The van der Waals surface area contributed by atoms with Crippen LogP contribution in [0, 0.1) is 0 Å². The fraction of sp³-hybridized carbons (Fsp3) is 0.333. The van der Waals surface area contributed by atoms with E-state index in [2.05, 4.69) is 125 Å². The molecule has 5 aliphatic rings. The Morgan fingerprint density at radius 2 is 0.197 bits per heavy atom. The number of fused-ring (bicyclic) bond motifs is 12. The van der Waals surface area contributed by atoms with Crippen molar-refractivity contribution in [3.63, 3.8) is 0 Å². The predicted octanol–water partition coefficient (Wildman–Crippen LogP) is 15.4.